The third kappa shape index (κ3) is 5.11. The van der Waals surface area contributed by atoms with Gasteiger partial charge in [0.1, 0.15) is 24.9 Å². The van der Waals surface area contributed by atoms with Crippen LogP contribution in [0.4, 0.5) is 0 Å². The van der Waals surface area contributed by atoms with Crippen molar-refractivity contribution in [3.05, 3.63) is 0 Å². The summed E-state index contributed by atoms with van der Waals surface area (Å²) in [7, 11) is -9.82. The molecule has 7 N–H and O–H groups in total. The van der Waals surface area contributed by atoms with Gasteiger partial charge in [-0.1, -0.05) is 0 Å². The first kappa shape index (κ1) is 18.1. The predicted octanol–water partition coefficient (Wildman–Crippen LogP) is -2.99. The Kier molecular flexibility index (Phi) is 5.48. The van der Waals surface area contributed by atoms with Crippen LogP contribution in [0.5, 0.6) is 0 Å². The molecule has 0 bridgehead atoms. The van der Waals surface area contributed by atoms with E-state index in [2.05, 4.69) is 13.8 Å². The molecule has 20 heavy (non-hydrogen) atoms. The maximum absolute atomic E-state index is 10.5. The van der Waals surface area contributed by atoms with Crippen molar-refractivity contribution in [2.45, 2.75) is 24.1 Å². The summed E-state index contributed by atoms with van der Waals surface area (Å²) in [6.07, 6.45) is -5.38. The zero-order valence-corrected chi connectivity index (χ0v) is 11.5. The Hall–Kier alpha value is 0.0600. The van der Waals surface area contributed by atoms with Crippen molar-refractivity contribution in [1.82, 2.24) is 0 Å². The van der Waals surface area contributed by atoms with Crippen LogP contribution >= 0.6 is 15.6 Å². The summed E-state index contributed by atoms with van der Waals surface area (Å²) in [6, 6.07) is 0. The molecular formula is C6H14O12P2. The van der Waals surface area contributed by atoms with Gasteiger partial charge in [-0.3, -0.25) is 9.05 Å². The Labute approximate surface area is 112 Å². The van der Waals surface area contributed by atoms with E-state index in [0.717, 1.165) is 0 Å². The van der Waals surface area contributed by atoms with Crippen molar-refractivity contribution in [1.29, 1.82) is 0 Å². The molecule has 0 amide bonds. The molecular weight excluding hydrogens is 332 g/mol. The summed E-state index contributed by atoms with van der Waals surface area (Å²) >= 11 is 0. The number of aliphatic hydroxyl groups is 3. The molecule has 0 spiro atoms. The molecule has 1 rings (SSSR count). The number of hydrogen-bond acceptors (Lipinski definition) is 8. The van der Waals surface area contributed by atoms with Gasteiger partial charge in [0.05, 0.1) is 6.61 Å². The SMILES string of the molecule is O=P(O)(O)O[13CH2][13C@H]1O[13C@@](O)([13CH2]OP(=O)(O)O)[13C@@H](O)[13C@@H]1O. The summed E-state index contributed by atoms with van der Waals surface area (Å²) < 4.78 is 33.6. The van der Waals surface area contributed by atoms with Gasteiger partial charge in [-0.15, -0.1) is 0 Å². The number of phosphoric acid groups is 2. The fraction of sp³-hybridized carbons (Fsp3) is 1.00. The van der Waals surface area contributed by atoms with Crippen LogP contribution < -0.4 is 0 Å². The van der Waals surface area contributed by atoms with Crippen molar-refractivity contribution in [3.8, 4) is 0 Å². The van der Waals surface area contributed by atoms with Crippen LogP contribution in [0.25, 0.3) is 0 Å². The van der Waals surface area contributed by atoms with E-state index >= 15 is 0 Å². The average molecular weight is 346 g/mol. The van der Waals surface area contributed by atoms with Crippen molar-refractivity contribution < 1.29 is 57.8 Å². The monoisotopic (exact) mass is 346 g/mol. The second kappa shape index (κ2) is 6.05. The fourth-order valence-corrected chi connectivity index (χ4v) is 2.17. The Balaban J connectivity index is 2.67. The number of aliphatic hydroxyl groups excluding tert-OH is 2. The molecule has 12 nitrogen and oxygen atoms in total. The lowest BCUT2D eigenvalue weighted by Crippen LogP contribution is -2.46. The van der Waals surface area contributed by atoms with Gasteiger partial charge >= 0.3 is 15.6 Å². The van der Waals surface area contributed by atoms with Gasteiger partial charge in [-0.2, -0.15) is 0 Å². The highest BCUT2D eigenvalue weighted by molar-refractivity contribution is 7.46. The van der Waals surface area contributed by atoms with Crippen LogP contribution in [-0.4, -0.2) is 72.2 Å². The van der Waals surface area contributed by atoms with E-state index in [0.29, 0.717) is 0 Å². The van der Waals surface area contributed by atoms with Gasteiger partial charge in [-0.05, 0) is 0 Å². The normalized spacial score (nSPS) is 35.5. The first-order valence-electron chi connectivity index (χ1n) is 5.00. The van der Waals surface area contributed by atoms with Gasteiger partial charge in [0.15, 0.2) is 0 Å². The second-order valence-corrected chi connectivity index (χ2v) is 6.47. The van der Waals surface area contributed by atoms with E-state index in [1.807, 2.05) is 0 Å². The van der Waals surface area contributed by atoms with Crippen LogP contribution in [0.1, 0.15) is 0 Å². The molecule has 0 saturated carbocycles. The molecule has 14 heteroatoms. The number of phosphoric ester groups is 2. The largest absolute Gasteiger partial charge is 0.469 e. The minimum Gasteiger partial charge on any atom is -0.387 e. The number of ether oxygens (including phenoxy) is 1. The summed E-state index contributed by atoms with van der Waals surface area (Å²) in [6.45, 7) is -2.05. The molecule has 1 aliphatic rings. The van der Waals surface area contributed by atoms with Crippen molar-refractivity contribution in [2.24, 2.45) is 0 Å². The molecule has 1 aliphatic heterocycles. The van der Waals surface area contributed by atoms with E-state index < -0.39 is 53.0 Å². The van der Waals surface area contributed by atoms with E-state index in [4.69, 9.17) is 19.6 Å². The first-order chi connectivity index (χ1) is 8.84. The zero-order valence-electron chi connectivity index (χ0n) is 9.71. The molecule has 1 fully saturated rings. The van der Waals surface area contributed by atoms with Crippen molar-refractivity contribution >= 4 is 15.6 Å². The van der Waals surface area contributed by atoms with Crippen LogP contribution in [0, 0.1) is 0 Å². The van der Waals surface area contributed by atoms with Crippen molar-refractivity contribution in [3.63, 3.8) is 0 Å². The highest BCUT2D eigenvalue weighted by Crippen LogP contribution is 2.41. The number of rotatable bonds is 6. The highest BCUT2D eigenvalue weighted by Gasteiger charge is 2.54. The second-order valence-electron chi connectivity index (χ2n) is 3.99. The summed E-state index contributed by atoms with van der Waals surface area (Å²) in [5.74, 6) is -2.66. The topological polar surface area (TPSA) is 203 Å². The van der Waals surface area contributed by atoms with Gasteiger partial charge < -0.3 is 39.6 Å². The molecule has 4 atom stereocenters. The molecule has 1 saturated heterocycles. The molecule has 0 radical (unpaired) electrons. The van der Waals surface area contributed by atoms with Gasteiger partial charge in [0, 0.05) is 0 Å². The van der Waals surface area contributed by atoms with Gasteiger partial charge in [-0.25, -0.2) is 9.13 Å². The zero-order chi connectivity index (χ0) is 15.8. The summed E-state index contributed by atoms with van der Waals surface area (Å²) in [5, 5.41) is 28.8. The molecule has 0 unspecified atom stereocenters. The predicted molar refractivity (Wildman–Crippen MR) is 57.8 cm³/mol. The lowest BCUT2D eigenvalue weighted by atomic mass is 11.0. The van der Waals surface area contributed by atoms with E-state index in [1.165, 1.54) is 0 Å². The Bertz CT molecular complexity index is 428. The Morgan fingerprint density at radius 3 is 2.00 bits per heavy atom. The molecule has 0 aromatic heterocycles. The third-order valence-electron chi connectivity index (χ3n) is 2.37. The number of hydrogen-bond donors (Lipinski definition) is 7. The highest BCUT2D eigenvalue weighted by atomic mass is 31.2. The lowest BCUT2D eigenvalue weighted by molar-refractivity contribution is -0.245. The molecule has 0 aromatic carbocycles. The van der Waals surface area contributed by atoms with E-state index in [9.17, 15) is 24.4 Å². The van der Waals surface area contributed by atoms with Crippen molar-refractivity contribution in [2.75, 3.05) is 13.2 Å². The molecule has 120 valence electrons. The van der Waals surface area contributed by atoms with Gasteiger partial charge in [0.25, 0.3) is 0 Å². The third-order valence-corrected chi connectivity index (χ3v) is 3.32. The molecule has 0 aromatic rings. The van der Waals surface area contributed by atoms with Crippen LogP contribution in [0.15, 0.2) is 0 Å². The lowest BCUT2D eigenvalue weighted by Gasteiger charge is -2.25. The minimum absolute atomic E-state index is 0.874. The maximum Gasteiger partial charge on any atom is 0.469 e. The van der Waals surface area contributed by atoms with E-state index in [1.54, 1.807) is 0 Å². The Morgan fingerprint density at radius 1 is 1.05 bits per heavy atom. The van der Waals surface area contributed by atoms with E-state index in [-0.39, 0.29) is 0 Å². The van der Waals surface area contributed by atoms with Crippen LogP contribution in [0.3, 0.4) is 0 Å². The Morgan fingerprint density at radius 2 is 1.55 bits per heavy atom. The van der Waals surface area contributed by atoms with Crippen LogP contribution in [0.2, 0.25) is 0 Å². The fourth-order valence-electron chi connectivity index (χ4n) is 1.47. The standard InChI is InChI=1S/C6H14O12P2/c7-4-3(1-16-19(10,11)12)18-6(9,5(4)8)2-17-20(13,14)15/h3-5,7-9H,1-2H2,(H2,10,11,12)(H2,13,14,15)/t3-,4-,5+,6+/m1/s1/i1+1,2+1,3+1,4+1,5+1,6+1. The molecule has 1 heterocycles. The van der Waals surface area contributed by atoms with Gasteiger partial charge in [0.2, 0.25) is 5.79 Å². The quantitative estimate of drug-likeness (QED) is 0.190. The molecule has 0 aliphatic carbocycles. The average Bonchev–Trinajstić information content (AvgIpc) is 2.48. The summed E-state index contributed by atoms with van der Waals surface area (Å²) in [4.78, 5) is 33.9. The maximum atomic E-state index is 10.5. The minimum atomic E-state index is -4.96. The first-order valence-corrected chi connectivity index (χ1v) is 8.07. The smallest absolute Gasteiger partial charge is 0.387 e. The summed E-state index contributed by atoms with van der Waals surface area (Å²) in [5.41, 5.74) is 0. The van der Waals surface area contributed by atoms with Crippen LogP contribution in [-0.2, 0) is 22.9 Å².